The summed E-state index contributed by atoms with van der Waals surface area (Å²) in [5.74, 6) is 1.66. The van der Waals surface area contributed by atoms with Gasteiger partial charge in [-0.05, 0) is 32.4 Å². The van der Waals surface area contributed by atoms with Crippen LogP contribution in [0.2, 0.25) is 0 Å². The maximum atomic E-state index is 8.72. The SMILES string of the molecule is COc1ccc(C(C)NCCCCCCO)c(OC)c1. The van der Waals surface area contributed by atoms with Gasteiger partial charge in [0.05, 0.1) is 14.2 Å². The Bertz CT molecular complexity index is 382. The zero-order valence-electron chi connectivity index (χ0n) is 12.8. The molecule has 1 aromatic rings. The maximum absolute atomic E-state index is 8.72. The average Bonchev–Trinajstić information content (AvgIpc) is 2.49. The predicted molar refractivity (Wildman–Crippen MR) is 81.5 cm³/mol. The van der Waals surface area contributed by atoms with Crippen LogP contribution < -0.4 is 14.8 Å². The van der Waals surface area contributed by atoms with Crippen molar-refractivity contribution in [2.75, 3.05) is 27.4 Å². The summed E-state index contributed by atoms with van der Waals surface area (Å²) < 4.78 is 10.6. The summed E-state index contributed by atoms with van der Waals surface area (Å²) in [6.45, 7) is 3.41. The van der Waals surface area contributed by atoms with Gasteiger partial charge in [-0.2, -0.15) is 0 Å². The predicted octanol–water partition coefficient (Wildman–Crippen LogP) is 2.91. The van der Waals surface area contributed by atoms with Crippen LogP contribution in [-0.4, -0.2) is 32.5 Å². The summed E-state index contributed by atoms with van der Waals surface area (Å²) in [6.07, 6.45) is 4.28. The van der Waals surface area contributed by atoms with Crippen LogP contribution >= 0.6 is 0 Å². The molecule has 4 heteroatoms. The molecule has 0 radical (unpaired) electrons. The van der Waals surface area contributed by atoms with Crippen molar-refractivity contribution in [3.8, 4) is 11.5 Å². The topological polar surface area (TPSA) is 50.7 Å². The van der Waals surface area contributed by atoms with Crippen molar-refractivity contribution in [1.29, 1.82) is 0 Å². The van der Waals surface area contributed by atoms with Crippen molar-refractivity contribution >= 4 is 0 Å². The first kappa shape index (κ1) is 16.8. The number of rotatable bonds is 10. The van der Waals surface area contributed by atoms with E-state index in [1.165, 1.54) is 0 Å². The molecular weight excluding hydrogens is 254 g/mol. The Morgan fingerprint density at radius 3 is 2.50 bits per heavy atom. The van der Waals surface area contributed by atoms with E-state index < -0.39 is 0 Å². The van der Waals surface area contributed by atoms with Gasteiger partial charge in [-0.15, -0.1) is 0 Å². The van der Waals surface area contributed by atoms with Gasteiger partial charge in [0.2, 0.25) is 0 Å². The molecule has 2 N–H and O–H groups in total. The Kier molecular flexibility index (Phi) is 8.07. The molecule has 4 nitrogen and oxygen atoms in total. The van der Waals surface area contributed by atoms with E-state index in [1.54, 1.807) is 14.2 Å². The Labute approximate surface area is 122 Å². The highest BCUT2D eigenvalue weighted by atomic mass is 16.5. The average molecular weight is 281 g/mol. The van der Waals surface area contributed by atoms with E-state index in [1.807, 2.05) is 18.2 Å². The fraction of sp³-hybridized carbons (Fsp3) is 0.625. The number of benzene rings is 1. The molecule has 0 saturated heterocycles. The lowest BCUT2D eigenvalue weighted by atomic mass is 10.1. The molecule has 20 heavy (non-hydrogen) atoms. The molecule has 0 heterocycles. The van der Waals surface area contributed by atoms with Crippen molar-refractivity contribution < 1.29 is 14.6 Å². The highest BCUT2D eigenvalue weighted by Crippen LogP contribution is 2.29. The molecule has 0 aliphatic carbocycles. The molecule has 0 saturated carbocycles. The number of aliphatic hydroxyl groups is 1. The third-order valence-corrected chi connectivity index (χ3v) is 3.44. The van der Waals surface area contributed by atoms with Crippen LogP contribution in [0, 0.1) is 0 Å². The van der Waals surface area contributed by atoms with Gasteiger partial charge < -0.3 is 19.9 Å². The first-order chi connectivity index (χ1) is 9.72. The molecule has 0 aliphatic heterocycles. The minimum Gasteiger partial charge on any atom is -0.497 e. The molecule has 1 rings (SSSR count). The van der Waals surface area contributed by atoms with Gasteiger partial charge in [-0.1, -0.05) is 18.9 Å². The van der Waals surface area contributed by atoms with Crippen LogP contribution in [-0.2, 0) is 0 Å². The minimum atomic E-state index is 0.244. The lowest BCUT2D eigenvalue weighted by molar-refractivity contribution is 0.282. The van der Waals surface area contributed by atoms with Crippen LogP contribution in [0.4, 0.5) is 0 Å². The summed E-state index contributed by atoms with van der Waals surface area (Å²) in [6, 6.07) is 6.15. The number of hydrogen-bond acceptors (Lipinski definition) is 4. The van der Waals surface area contributed by atoms with E-state index in [-0.39, 0.29) is 6.04 Å². The van der Waals surface area contributed by atoms with E-state index >= 15 is 0 Å². The zero-order valence-corrected chi connectivity index (χ0v) is 12.8. The van der Waals surface area contributed by atoms with Gasteiger partial charge in [0.15, 0.2) is 0 Å². The highest BCUT2D eigenvalue weighted by molar-refractivity contribution is 5.42. The normalized spacial score (nSPS) is 12.2. The number of ether oxygens (including phenoxy) is 2. The van der Waals surface area contributed by atoms with Gasteiger partial charge >= 0.3 is 0 Å². The second-order valence-electron chi connectivity index (χ2n) is 4.92. The summed E-state index contributed by atoms with van der Waals surface area (Å²) in [7, 11) is 3.34. The zero-order chi connectivity index (χ0) is 14.8. The molecule has 0 amide bonds. The fourth-order valence-electron chi connectivity index (χ4n) is 2.20. The third-order valence-electron chi connectivity index (χ3n) is 3.44. The monoisotopic (exact) mass is 281 g/mol. The van der Waals surface area contributed by atoms with Crippen LogP contribution in [0.15, 0.2) is 18.2 Å². The van der Waals surface area contributed by atoms with Crippen LogP contribution in [0.5, 0.6) is 11.5 Å². The van der Waals surface area contributed by atoms with Gasteiger partial charge in [0.1, 0.15) is 11.5 Å². The first-order valence-electron chi connectivity index (χ1n) is 7.29. The van der Waals surface area contributed by atoms with Gasteiger partial charge in [0.25, 0.3) is 0 Å². The first-order valence-corrected chi connectivity index (χ1v) is 7.29. The fourth-order valence-corrected chi connectivity index (χ4v) is 2.20. The number of nitrogens with one attached hydrogen (secondary N) is 1. The van der Waals surface area contributed by atoms with Crippen LogP contribution in [0.3, 0.4) is 0 Å². The van der Waals surface area contributed by atoms with Gasteiger partial charge in [-0.25, -0.2) is 0 Å². The molecule has 1 aromatic carbocycles. The van der Waals surface area contributed by atoms with E-state index in [4.69, 9.17) is 14.6 Å². The number of hydrogen-bond donors (Lipinski definition) is 2. The molecule has 0 spiro atoms. The molecule has 0 aliphatic rings. The quantitative estimate of drug-likeness (QED) is 0.647. The summed E-state index contributed by atoms with van der Waals surface area (Å²) >= 11 is 0. The van der Waals surface area contributed by atoms with Crippen molar-refractivity contribution in [3.05, 3.63) is 23.8 Å². The molecule has 1 atom stereocenters. The number of unbranched alkanes of at least 4 members (excludes halogenated alkanes) is 3. The summed E-state index contributed by atoms with van der Waals surface area (Å²) in [5, 5.41) is 12.2. The van der Waals surface area contributed by atoms with Crippen molar-refractivity contribution in [2.24, 2.45) is 0 Å². The smallest absolute Gasteiger partial charge is 0.127 e. The van der Waals surface area contributed by atoms with Crippen molar-refractivity contribution in [3.63, 3.8) is 0 Å². The molecule has 0 fully saturated rings. The van der Waals surface area contributed by atoms with E-state index in [9.17, 15) is 0 Å². The Balaban J connectivity index is 2.44. The molecular formula is C16H27NO3. The standard InChI is InChI=1S/C16H27NO3/c1-13(17-10-6-4-5-7-11-18)15-9-8-14(19-2)12-16(15)20-3/h8-9,12-13,17-18H,4-7,10-11H2,1-3H3. The largest absolute Gasteiger partial charge is 0.497 e. The van der Waals surface area contributed by atoms with Gasteiger partial charge in [0, 0.05) is 24.3 Å². The Morgan fingerprint density at radius 2 is 1.85 bits per heavy atom. The van der Waals surface area contributed by atoms with E-state index in [2.05, 4.69) is 12.2 Å². The van der Waals surface area contributed by atoms with E-state index in [0.29, 0.717) is 6.61 Å². The minimum absolute atomic E-state index is 0.244. The maximum Gasteiger partial charge on any atom is 0.127 e. The Hall–Kier alpha value is -1.26. The van der Waals surface area contributed by atoms with E-state index in [0.717, 1.165) is 49.3 Å². The third kappa shape index (κ3) is 5.39. The lowest BCUT2D eigenvalue weighted by Crippen LogP contribution is -2.20. The van der Waals surface area contributed by atoms with Crippen molar-refractivity contribution in [2.45, 2.75) is 38.6 Å². The second-order valence-corrected chi connectivity index (χ2v) is 4.92. The molecule has 1 unspecified atom stereocenters. The summed E-state index contributed by atoms with van der Waals surface area (Å²) in [5.41, 5.74) is 1.14. The number of aliphatic hydroxyl groups excluding tert-OH is 1. The molecule has 0 bridgehead atoms. The summed E-state index contributed by atoms with van der Waals surface area (Å²) in [4.78, 5) is 0. The van der Waals surface area contributed by atoms with Crippen LogP contribution in [0.1, 0.15) is 44.2 Å². The van der Waals surface area contributed by atoms with Gasteiger partial charge in [-0.3, -0.25) is 0 Å². The lowest BCUT2D eigenvalue weighted by Gasteiger charge is -2.18. The number of methoxy groups -OCH3 is 2. The van der Waals surface area contributed by atoms with Crippen LogP contribution in [0.25, 0.3) is 0 Å². The molecule has 114 valence electrons. The second kappa shape index (κ2) is 9.61. The Morgan fingerprint density at radius 1 is 1.10 bits per heavy atom. The molecule has 0 aromatic heterocycles. The highest BCUT2D eigenvalue weighted by Gasteiger charge is 2.11. The van der Waals surface area contributed by atoms with Crippen molar-refractivity contribution in [1.82, 2.24) is 5.32 Å².